The van der Waals surface area contributed by atoms with Crippen molar-refractivity contribution in [3.8, 4) is 0 Å². The summed E-state index contributed by atoms with van der Waals surface area (Å²) in [5.74, 6) is -2.99. The molecule has 34 heavy (non-hydrogen) atoms. The quantitative estimate of drug-likeness (QED) is 0.393. The van der Waals surface area contributed by atoms with E-state index in [9.17, 15) is 27.6 Å². The monoisotopic (exact) mass is 487 g/mol. The summed E-state index contributed by atoms with van der Waals surface area (Å²) in [6.45, 7) is 3.00. The molecular formula is C23H25N3O7S. The molecule has 10 nitrogen and oxygen atoms in total. The van der Waals surface area contributed by atoms with Gasteiger partial charge < -0.3 is 10.1 Å². The highest BCUT2D eigenvalue weighted by Crippen LogP contribution is 2.27. The van der Waals surface area contributed by atoms with E-state index in [4.69, 9.17) is 9.88 Å². The molecule has 2 aromatic carbocycles. The van der Waals surface area contributed by atoms with Gasteiger partial charge in [0.25, 0.3) is 17.7 Å². The third-order valence-corrected chi connectivity index (χ3v) is 6.24. The van der Waals surface area contributed by atoms with Crippen molar-refractivity contribution in [1.29, 1.82) is 0 Å². The molecule has 0 radical (unpaired) electrons. The maximum atomic E-state index is 12.7. The number of ether oxygens (including phenoxy) is 1. The molecule has 1 atom stereocenters. The van der Waals surface area contributed by atoms with Crippen LogP contribution in [-0.4, -0.2) is 56.2 Å². The number of sulfonamides is 1. The highest BCUT2D eigenvalue weighted by atomic mass is 32.2. The van der Waals surface area contributed by atoms with Crippen LogP contribution in [0.4, 0.5) is 0 Å². The van der Waals surface area contributed by atoms with E-state index in [0.717, 1.165) is 10.5 Å². The van der Waals surface area contributed by atoms with Gasteiger partial charge in [-0.25, -0.2) is 18.4 Å². The molecule has 0 fully saturated rings. The number of imide groups is 1. The Balaban J connectivity index is 1.53. The first-order chi connectivity index (χ1) is 16.0. The minimum Gasteiger partial charge on any atom is -0.454 e. The van der Waals surface area contributed by atoms with Crippen molar-refractivity contribution in [1.82, 2.24) is 10.2 Å². The van der Waals surface area contributed by atoms with Gasteiger partial charge in [-0.15, -0.1) is 0 Å². The largest absolute Gasteiger partial charge is 0.454 e. The second-order valence-electron chi connectivity index (χ2n) is 8.11. The highest BCUT2D eigenvalue weighted by Gasteiger charge is 2.44. The van der Waals surface area contributed by atoms with E-state index in [0.29, 0.717) is 6.42 Å². The van der Waals surface area contributed by atoms with Crippen LogP contribution in [0.1, 0.15) is 40.1 Å². The summed E-state index contributed by atoms with van der Waals surface area (Å²) >= 11 is 0. The van der Waals surface area contributed by atoms with Crippen molar-refractivity contribution < 1.29 is 32.3 Å². The van der Waals surface area contributed by atoms with E-state index in [1.165, 1.54) is 24.3 Å². The molecule has 0 aromatic heterocycles. The predicted octanol–water partition coefficient (Wildman–Crippen LogP) is 0.857. The molecule has 1 heterocycles. The number of nitrogens with zero attached hydrogens (tertiary/aromatic N) is 1. The van der Waals surface area contributed by atoms with Crippen LogP contribution >= 0.6 is 0 Å². The Hall–Kier alpha value is -3.57. The van der Waals surface area contributed by atoms with Crippen LogP contribution in [0.15, 0.2) is 53.4 Å². The fraction of sp³-hybridized carbons (Fsp3) is 0.304. The third kappa shape index (κ3) is 5.49. The second kappa shape index (κ2) is 10.1. The van der Waals surface area contributed by atoms with Gasteiger partial charge in [-0.2, -0.15) is 0 Å². The minimum atomic E-state index is -3.77. The number of esters is 1. The molecule has 2 aromatic rings. The lowest BCUT2D eigenvalue weighted by atomic mass is 10.0. The van der Waals surface area contributed by atoms with Gasteiger partial charge in [0.2, 0.25) is 10.0 Å². The topological polar surface area (TPSA) is 153 Å². The molecule has 3 N–H and O–H groups in total. The summed E-state index contributed by atoms with van der Waals surface area (Å²) in [6, 6.07) is 11.1. The van der Waals surface area contributed by atoms with Gasteiger partial charge >= 0.3 is 5.97 Å². The summed E-state index contributed by atoms with van der Waals surface area (Å²) < 4.78 is 27.7. The first-order valence-corrected chi connectivity index (χ1v) is 12.1. The van der Waals surface area contributed by atoms with Crippen LogP contribution < -0.4 is 10.5 Å². The average Bonchev–Trinajstić information content (AvgIpc) is 3.03. The van der Waals surface area contributed by atoms with E-state index in [2.05, 4.69) is 5.32 Å². The number of amides is 3. The third-order valence-electron chi connectivity index (χ3n) is 5.31. The van der Waals surface area contributed by atoms with Crippen LogP contribution in [0.2, 0.25) is 0 Å². The van der Waals surface area contributed by atoms with Crippen LogP contribution in [0.5, 0.6) is 0 Å². The Bertz CT molecular complexity index is 1190. The van der Waals surface area contributed by atoms with Gasteiger partial charge in [-0.1, -0.05) is 38.1 Å². The molecular weight excluding hydrogens is 462 g/mol. The molecule has 1 aliphatic rings. The number of rotatable bonds is 9. The van der Waals surface area contributed by atoms with Crippen molar-refractivity contribution in [3.63, 3.8) is 0 Å². The summed E-state index contributed by atoms with van der Waals surface area (Å²) in [7, 11) is -3.77. The SMILES string of the molecule is CC(C)C(C(=O)OCC(=O)NCCc1ccc(S(N)(=O)=O)cc1)N1C(=O)c2ccccc2C1=O. The zero-order chi connectivity index (χ0) is 25.0. The molecule has 0 aliphatic carbocycles. The minimum absolute atomic E-state index is 0.00929. The number of nitrogens with one attached hydrogen (secondary N) is 1. The number of primary sulfonamides is 1. The normalized spacial score (nSPS) is 14.2. The van der Waals surface area contributed by atoms with Crippen molar-refractivity contribution in [3.05, 3.63) is 65.2 Å². The van der Waals surface area contributed by atoms with E-state index in [1.54, 1.807) is 38.1 Å². The standard InChI is InChI=1S/C23H25N3O7S/c1-14(2)20(26-21(28)17-5-3-4-6-18(17)22(26)29)23(30)33-13-19(27)25-12-11-15-7-9-16(10-8-15)34(24,31)32/h3-10,14,20H,11-13H2,1-2H3,(H,25,27)(H2,24,31,32). The summed E-state index contributed by atoms with van der Waals surface area (Å²) in [5.41, 5.74) is 1.22. The Kier molecular flexibility index (Phi) is 7.48. The molecule has 1 aliphatic heterocycles. The summed E-state index contributed by atoms with van der Waals surface area (Å²) in [6.07, 6.45) is 0.411. The predicted molar refractivity (Wildman–Crippen MR) is 121 cm³/mol. The van der Waals surface area contributed by atoms with E-state index < -0.39 is 52.3 Å². The maximum Gasteiger partial charge on any atom is 0.330 e. The number of hydrogen-bond donors (Lipinski definition) is 2. The highest BCUT2D eigenvalue weighted by molar-refractivity contribution is 7.89. The number of benzene rings is 2. The number of hydrogen-bond acceptors (Lipinski definition) is 7. The molecule has 0 saturated heterocycles. The maximum absolute atomic E-state index is 12.7. The summed E-state index contributed by atoms with van der Waals surface area (Å²) in [4.78, 5) is 51.2. The van der Waals surface area contributed by atoms with Gasteiger partial charge in [-0.3, -0.25) is 19.3 Å². The van der Waals surface area contributed by atoms with Gasteiger partial charge in [0.1, 0.15) is 6.04 Å². The van der Waals surface area contributed by atoms with Gasteiger partial charge in [-0.05, 0) is 42.2 Å². The number of carbonyl (C=O) groups is 4. The first kappa shape index (κ1) is 25.1. The molecule has 11 heteroatoms. The molecule has 3 amide bonds. The molecule has 0 bridgehead atoms. The van der Waals surface area contributed by atoms with Crippen molar-refractivity contribution in [2.75, 3.05) is 13.2 Å². The van der Waals surface area contributed by atoms with Gasteiger partial charge in [0.15, 0.2) is 6.61 Å². The number of fused-ring (bicyclic) bond motifs is 1. The van der Waals surface area contributed by atoms with E-state index in [1.807, 2.05) is 0 Å². The van der Waals surface area contributed by atoms with E-state index >= 15 is 0 Å². The zero-order valence-electron chi connectivity index (χ0n) is 18.7. The molecule has 0 saturated carbocycles. The van der Waals surface area contributed by atoms with Crippen LogP contribution in [0.25, 0.3) is 0 Å². The van der Waals surface area contributed by atoms with Crippen LogP contribution in [-0.2, 0) is 30.8 Å². The van der Waals surface area contributed by atoms with Crippen molar-refractivity contribution in [2.24, 2.45) is 11.1 Å². The summed E-state index contributed by atoms with van der Waals surface area (Å²) in [5, 5.41) is 7.65. The van der Waals surface area contributed by atoms with Gasteiger partial charge in [0.05, 0.1) is 16.0 Å². The average molecular weight is 488 g/mol. The lowest BCUT2D eigenvalue weighted by molar-refractivity contribution is -0.153. The smallest absolute Gasteiger partial charge is 0.330 e. The van der Waals surface area contributed by atoms with E-state index in [-0.39, 0.29) is 22.6 Å². The first-order valence-electron chi connectivity index (χ1n) is 10.5. The zero-order valence-corrected chi connectivity index (χ0v) is 19.5. The Morgan fingerprint density at radius 3 is 2.06 bits per heavy atom. The van der Waals surface area contributed by atoms with Crippen LogP contribution in [0.3, 0.4) is 0 Å². The lowest BCUT2D eigenvalue weighted by Crippen LogP contribution is -2.49. The molecule has 0 spiro atoms. The fourth-order valence-electron chi connectivity index (χ4n) is 3.60. The van der Waals surface area contributed by atoms with Gasteiger partial charge in [0, 0.05) is 6.54 Å². The lowest BCUT2D eigenvalue weighted by Gasteiger charge is -2.27. The Morgan fingerprint density at radius 2 is 1.56 bits per heavy atom. The second-order valence-corrected chi connectivity index (χ2v) is 9.67. The molecule has 3 rings (SSSR count). The number of nitrogens with two attached hydrogens (primary N) is 1. The fourth-order valence-corrected chi connectivity index (χ4v) is 4.12. The van der Waals surface area contributed by atoms with Crippen LogP contribution in [0, 0.1) is 5.92 Å². The molecule has 180 valence electrons. The number of carbonyl (C=O) groups excluding carboxylic acids is 4. The van der Waals surface area contributed by atoms with Crippen molar-refractivity contribution in [2.45, 2.75) is 31.2 Å². The molecule has 1 unspecified atom stereocenters. The Labute approximate surface area is 197 Å². The van der Waals surface area contributed by atoms with Crippen molar-refractivity contribution >= 4 is 33.7 Å². The Morgan fingerprint density at radius 1 is 1.00 bits per heavy atom.